The van der Waals surface area contributed by atoms with E-state index < -0.39 is 0 Å². The highest BCUT2D eigenvalue weighted by Gasteiger charge is 2.28. The highest BCUT2D eigenvalue weighted by atomic mass is 16.5. The van der Waals surface area contributed by atoms with E-state index in [4.69, 9.17) is 4.74 Å². The number of amides is 2. The van der Waals surface area contributed by atoms with Gasteiger partial charge in [0.15, 0.2) is 0 Å². The van der Waals surface area contributed by atoms with Crippen molar-refractivity contribution in [2.75, 3.05) is 43.1 Å². The summed E-state index contributed by atoms with van der Waals surface area (Å²) in [6.07, 6.45) is 5.66. The van der Waals surface area contributed by atoms with Crippen LogP contribution in [0.3, 0.4) is 0 Å². The number of rotatable bonds is 6. The predicted octanol–water partition coefficient (Wildman–Crippen LogP) is 2.54. The van der Waals surface area contributed by atoms with Crippen LogP contribution in [-0.4, -0.2) is 49.6 Å². The number of carbonyl (C=O) groups excluding carboxylic acids is 2. The molecule has 2 heterocycles. The Hall–Kier alpha value is -2.60. The quantitative estimate of drug-likeness (QED) is 0.797. The number of allylic oxidation sites excluding steroid dienone is 1. The largest absolute Gasteiger partial charge is 0.378 e. The minimum atomic E-state index is -0.0377. The van der Waals surface area contributed by atoms with Gasteiger partial charge in [-0.2, -0.15) is 0 Å². The Bertz CT molecular complexity index is 691. The van der Waals surface area contributed by atoms with Crippen LogP contribution in [0.1, 0.15) is 19.3 Å². The second-order valence-electron chi connectivity index (χ2n) is 6.36. The first-order valence-electron chi connectivity index (χ1n) is 9.04. The van der Waals surface area contributed by atoms with Crippen LogP contribution in [0.2, 0.25) is 0 Å². The zero-order valence-electron chi connectivity index (χ0n) is 14.9. The van der Waals surface area contributed by atoms with Crippen molar-refractivity contribution in [2.45, 2.75) is 19.3 Å². The van der Waals surface area contributed by atoms with Gasteiger partial charge in [-0.25, -0.2) is 0 Å². The standard InChI is InChI=1S/C20H25N3O3/c1-2-3-6-19(24)21-16-7-9-17(10-8-16)23-11-4-5-18(20(23)25)22-12-14-26-15-13-22/h2,5,7-10H,1,3-4,6,11-15H2,(H,21,24). The summed E-state index contributed by atoms with van der Waals surface area (Å²) in [5.74, 6) is -0.00912. The van der Waals surface area contributed by atoms with Gasteiger partial charge < -0.3 is 19.9 Å². The maximum absolute atomic E-state index is 12.9. The molecule has 1 aromatic carbocycles. The van der Waals surface area contributed by atoms with Gasteiger partial charge in [0.05, 0.1) is 18.9 Å². The molecule has 1 N–H and O–H groups in total. The molecule has 0 spiro atoms. The number of anilines is 2. The van der Waals surface area contributed by atoms with Crippen LogP contribution in [0, 0.1) is 0 Å². The summed E-state index contributed by atoms with van der Waals surface area (Å²) in [6, 6.07) is 7.43. The van der Waals surface area contributed by atoms with Crippen LogP contribution in [0.5, 0.6) is 0 Å². The Kier molecular flexibility index (Phi) is 6.07. The Balaban J connectivity index is 1.65. The number of nitrogens with one attached hydrogen (secondary N) is 1. The normalized spacial score (nSPS) is 17.7. The van der Waals surface area contributed by atoms with E-state index in [1.54, 1.807) is 11.0 Å². The Morgan fingerprint density at radius 3 is 2.62 bits per heavy atom. The molecular weight excluding hydrogens is 330 g/mol. The number of nitrogens with zero attached hydrogens (tertiary/aromatic N) is 2. The lowest BCUT2D eigenvalue weighted by molar-refractivity contribution is -0.118. The lowest BCUT2D eigenvalue weighted by atomic mass is 10.1. The van der Waals surface area contributed by atoms with Crippen molar-refractivity contribution in [3.05, 3.63) is 48.7 Å². The summed E-state index contributed by atoms with van der Waals surface area (Å²) in [7, 11) is 0. The van der Waals surface area contributed by atoms with Gasteiger partial charge in [-0.15, -0.1) is 6.58 Å². The fourth-order valence-corrected chi connectivity index (χ4v) is 3.15. The molecule has 3 rings (SSSR count). The SMILES string of the molecule is C=CCCC(=O)Nc1ccc(N2CCC=C(N3CCOCC3)C2=O)cc1. The van der Waals surface area contributed by atoms with E-state index in [2.05, 4.69) is 16.8 Å². The molecule has 2 aliphatic rings. The third kappa shape index (κ3) is 4.32. The molecule has 1 aromatic rings. The molecule has 26 heavy (non-hydrogen) atoms. The Morgan fingerprint density at radius 2 is 1.92 bits per heavy atom. The van der Waals surface area contributed by atoms with Gasteiger partial charge in [0.2, 0.25) is 5.91 Å². The molecule has 0 atom stereocenters. The summed E-state index contributed by atoms with van der Waals surface area (Å²) in [5, 5.41) is 2.85. The molecule has 1 fully saturated rings. The smallest absolute Gasteiger partial charge is 0.274 e. The molecule has 6 nitrogen and oxygen atoms in total. The van der Waals surface area contributed by atoms with E-state index in [-0.39, 0.29) is 11.8 Å². The first kappa shape index (κ1) is 18.2. The first-order chi connectivity index (χ1) is 12.7. The van der Waals surface area contributed by atoms with Crippen molar-refractivity contribution in [2.24, 2.45) is 0 Å². The molecule has 0 saturated carbocycles. The summed E-state index contributed by atoms with van der Waals surface area (Å²) >= 11 is 0. The summed E-state index contributed by atoms with van der Waals surface area (Å²) < 4.78 is 5.37. The van der Waals surface area contributed by atoms with Crippen molar-refractivity contribution in [1.82, 2.24) is 4.90 Å². The number of morpholine rings is 1. The highest BCUT2D eigenvalue weighted by molar-refractivity contribution is 6.06. The maximum atomic E-state index is 12.9. The van der Waals surface area contributed by atoms with Gasteiger partial charge in [0.25, 0.3) is 5.91 Å². The Labute approximate surface area is 154 Å². The zero-order chi connectivity index (χ0) is 18.4. The van der Waals surface area contributed by atoms with Crippen molar-refractivity contribution in [1.29, 1.82) is 0 Å². The molecule has 0 aromatic heterocycles. The van der Waals surface area contributed by atoms with E-state index in [9.17, 15) is 9.59 Å². The van der Waals surface area contributed by atoms with Gasteiger partial charge in [0, 0.05) is 37.4 Å². The van der Waals surface area contributed by atoms with E-state index in [0.717, 1.165) is 36.6 Å². The lowest BCUT2D eigenvalue weighted by Gasteiger charge is -2.35. The van der Waals surface area contributed by atoms with Crippen molar-refractivity contribution in [3.8, 4) is 0 Å². The monoisotopic (exact) mass is 355 g/mol. The summed E-state index contributed by atoms with van der Waals surface area (Å²) in [5.41, 5.74) is 2.34. The highest BCUT2D eigenvalue weighted by Crippen LogP contribution is 2.25. The molecule has 0 aliphatic carbocycles. The summed E-state index contributed by atoms with van der Waals surface area (Å²) in [4.78, 5) is 28.6. The zero-order valence-corrected chi connectivity index (χ0v) is 14.9. The number of ether oxygens (including phenoxy) is 1. The fourth-order valence-electron chi connectivity index (χ4n) is 3.15. The van der Waals surface area contributed by atoms with Crippen LogP contribution in [0.25, 0.3) is 0 Å². The van der Waals surface area contributed by atoms with Crippen LogP contribution in [-0.2, 0) is 14.3 Å². The van der Waals surface area contributed by atoms with E-state index in [1.165, 1.54) is 0 Å². The third-order valence-corrected chi connectivity index (χ3v) is 4.54. The predicted molar refractivity (Wildman–Crippen MR) is 102 cm³/mol. The van der Waals surface area contributed by atoms with Crippen LogP contribution < -0.4 is 10.2 Å². The second kappa shape index (κ2) is 8.67. The topological polar surface area (TPSA) is 61.9 Å². The van der Waals surface area contributed by atoms with E-state index in [1.807, 2.05) is 30.3 Å². The number of carbonyl (C=O) groups is 2. The fraction of sp³-hybridized carbons (Fsp3) is 0.400. The molecular formula is C20H25N3O3. The first-order valence-corrected chi connectivity index (χ1v) is 9.04. The van der Waals surface area contributed by atoms with Crippen molar-refractivity contribution in [3.63, 3.8) is 0 Å². The van der Waals surface area contributed by atoms with E-state index >= 15 is 0 Å². The lowest BCUT2D eigenvalue weighted by Crippen LogP contribution is -2.45. The van der Waals surface area contributed by atoms with E-state index in [0.29, 0.717) is 32.6 Å². The van der Waals surface area contributed by atoms with Crippen LogP contribution >= 0.6 is 0 Å². The number of benzene rings is 1. The number of hydrogen-bond acceptors (Lipinski definition) is 4. The van der Waals surface area contributed by atoms with Gasteiger partial charge in [-0.3, -0.25) is 9.59 Å². The molecule has 0 radical (unpaired) electrons. The van der Waals surface area contributed by atoms with Crippen molar-refractivity contribution < 1.29 is 14.3 Å². The molecule has 0 unspecified atom stereocenters. The average Bonchev–Trinajstić information content (AvgIpc) is 2.68. The Morgan fingerprint density at radius 1 is 1.19 bits per heavy atom. The third-order valence-electron chi connectivity index (χ3n) is 4.54. The molecule has 0 bridgehead atoms. The minimum absolute atomic E-state index is 0.0286. The van der Waals surface area contributed by atoms with Crippen LogP contribution in [0.15, 0.2) is 48.7 Å². The van der Waals surface area contributed by atoms with Gasteiger partial charge >= 0.3 is 0 Å². The average molecular weight is 355 g/mol. The molecule has 2 amide bonds. The summed E-state index contributed by atoms with van der Waals surface area (Å²) in [6.45, 7) is 7.10. The maximum Gasteiger partial charge on any atom is 0.274 e. The molecule has 6 heteroatoms. The second-order valence-corrected chi connectivity index (χ2v) is 6.36. The van der Waals surface area contributed by atoms with Crippen molar-refractivity contribution >= 4 is 23.2 Å². The molecule has 1 saturated heterocycles. The van der Waals surface area contributed by atoms with Gasteiger partial charge in [-0.05, 0) is 37.1 Å². The molecule has 138 valence electrons. The van der Waals surface area contributed by atoms with Gasteiger partial charge in [0.1, 0.15) is 0 Å². The minimum Gasteiger partial charge on any atom is -0.378 e. The van der Waals surface area contributed by atoms with Crippen LogP contribution in [0.4, 0.5) is 11.4 Å². The number of hydrogen-bond donors (Lipinski definition) is 1. The molecule has 2 aliphatic heterocycles. The van der Waals surface area contributed by atoms with Gasteiger partial charge in [-0.1, -0.05) is 12.2 Å².